The molecule has 0 radical (unpaired) electrons. The third-order valence-electron chi connectivity index (χ3n) is 3.72. The number of hydrogen-bond donors (Lipinski definition) is 1. The fourth-order valence-corrected chi connectivity index (χ4v) is 2.62. The van der Waals surface area contributed by atoms with E-state index >= 15 is 0 Å². The standard InChI is InChI=1S/C16H25FN2O/c1-2-3-4-10-20-16-8-7-13(17)11-15(16)19-9-5-6-14(18)12-19/h7-8,11,14H,2-6,9-10,12,18H2,1H3. The monoisotopic (exact) mass is 280 g/mol. The van der Waals surface area contributed by atoms with Gasteiger partial charge in [-0.3, -0.25) is 0 Å². The van der Waals surface area contributed by atoms with Gasteiger partial charge in [0.1, 0.15) is 11.6 Å². The Morgan fingerprint density at radius 3 is 3.00 bits per heavy atom. The highest BCUT2D eigenvalue weighted by Crippen LogP contribution is 2.31. The molecule has 1 atom stereocenters. The minimum Gasteiger partial charge on any atom is -0.491 e. The lowest BCUT2D eigenvalue weighted by atomic mass is 10.1. The van der Waals surface area contributed by atoms with Gasteiger partial charge in [-0.2, -0.15) is 0 Å². The average Bonchev–Trinajstić information content (AvgIpc) is 2.45. The van der Waals surface area contributed by atoms with Crippen LogP contribution in [0.1, 0.15) is 39.0 Å². The van der Waals surface area contributed by atoms with Gasteiger partial charge in [-0.05, 0) is 31.4 Å². The van der Waals surface area contributed by atoms with Crippen LogP contribution in [-0.4, -0.2) is 25.7 Å². The molecule has 1 aromatic rings. The van der Waals surface area contributed by atoms with Crippen molar-refractivity contribution < 1.29 is 9.13 Å². The molecule has 112 valence electrons. The van der Waals surface area contributed by atoms with Crippen molar-refractivity contribution in [3.63, 3.8) is 0 Å². The molecule has 0 bridgehead atoms. The van der Waals surface area contributed by atoms with Crippen LogP contribution in [0.5, 0.6) is 5.75 Å². The van der Waals surface area contributed by atoms with Gasteiger partial charge < -0.3 is 15.4 Å². The first kappa shape index (κ1) is 15.1. The number of benzene rings is 1. The number of ether oxygens (including phenoxy) is 1. The van der Waals surface area contributed by atoms with Crippen molar-refractivity contribution in [1.29, 1.82) is 0 Å². The maximum atomic E-state index is 13.5. The molecule has 1 saturated heterocycles. The molecule has 0 spiro atoms. The topological polar surface area (TPSA) is 38.5 Å². The Labute approximate surface area is 120 Å². The van der Waals surface area contributed by atoms with E-state index < -0.39 is 0 Å². The predicted octanol–water partition coefficient (Wildman–Crippen LogP) is 3.32. The smallest absolute Gasteiger partial charge is 0.142 e. The molecule has 0 aromatic heterocycles. The number of nitrogens with zero attached hydrogens (tertiary/aromatic N) is 1. The fraction of sp³-hybridized carbons (Fsp3) is 0.625. The molecule has 0 aliphatic carbocycles. The minimum absolute atomic E-state index is 0.167. The largest absolute Gasteiger partial charge is 0.491 e. The van der Waals surface area contributed by atoms with E-state index in [-0.39, 0.29) is 11.9 Å². The predicted molar refractivity (Wildman–Crippen MR) is 80.8 cm³/mol. The summed E-state index contributed by atoms with van der Waals surface area (Å²) in [7, 11) is 0. The number of halogens is 1. The molecule has 0 amide bonds. The number of nitrogens with two attached hydrogens (primary N) is 1. The summed E-state index contributed by atoms with van der Waals surface area (Å²) < 4.78 is 19.4. The van der Waals surface area contributed by atoms with Crippen LogP contribution < -0.4 is 15.4 Å². The van der Waals surface area contributed by atoms with E-state index in [0.29, 0.717) is 6.61 Å². The van der Waals surface area contributed by atoms with Crippen molar-refractivity contribution in [2.75, 3.05) is 24.6 Å². The summed E-state index contributed by atoms with van der Waals surface area (Å²) >= 11 is 0. The van der Waals surface area contributed by atoms with Crippen molar-refractivity contribution in [3.05, 3.63) is 24.0 Å². The second kappa shape index (κ2) is 7.48. The second-order valence-corrected chi connectivity index (χ2v) is 5.52. The number of rotatable bonds is 6. The summed E-state index contributed by atoms with van der Waals surface area (Å²) in [5.41, 5.74) is 6.86. The highest BCUT2D eigenvalue weighted by atomic mass is 19.1. The Morgan fingerprint density at radius 2 is 2.25 bits per heavy atom. The van der Waals surface area contributed by atoms with Crippen LogP contribution >= 0.6 is 0 Å². The van der Waals surface area contributed by atoms with Gasteiger partial charge in [0.2, 0.25) is 0 Å². The molecule has 1 fully saturated rings. The fourth-order valence-electron chi connectivity index (χ4n) is 2.62. The maximum absolute atomic E-state index is 13.5. The molecule has 1 aromatic carbocycles. The first-order chi connectivity index (χ1) is 9.70. The number of hydrogen-bond acceptors (Lipinski definition) is 3. The third-order valence-corrected chi connectivity index (χ3v) is 3.72. The summed E-state index contributed by atoms with van der Waals surface area (Å²) in [5.74, 6) is 0.552. The molecule has 1 heterocycles. The molecule has 3 nitrogen and oxygen atoms in total. The van der Waals surface area contributed by atoms with Crippen LogP contribution in [0.25, 0.3) is 0 Å². The zero-order valence-electron chi connectivity index (χ0n) is 12.3. The van der Waals surface area contributed by atoms with E-state index in [1.807, 2.05) is 0 Å². The Balaban J connectivity index is 2.06. The van der Waals surface area contributed by atoms with Gasteiger partial charge >= 0.3 is 0 Å². The van der Waals surface area contributed by atoms with Gasteiger partial charge in [-0.1, -0.05) is 19.8 Å². The van der Waals surface area contributed by atoms with Crippen molar-refractivity contribution in [3.8, 4) is 5.75 Å². The Bertz CT molecular complexity index is 425. The van der Waals surface area contributed by atoms with Crippen LogP contribution in [0.3, 0.4) is 0 Å². The highest BCUT2D eigenvalue weighted by molar-refractivity contribution is 5.59. The zero-order chi connectivity index (χ0) is 14.4. The molecular formula is C16H25FN2O. The van der Waals surface area contributed by atoms with Crippen LogP contribution in [0.2, 0.25) is 0 Å². The molecule has 1 aliphatic rings. The Morgan fingerprint density at radius 1 is 1.40 bits per heavy atom. The van der Waals surface area contributed by atoms with E-state index in [0.717, 1.165) is 50.2 Å². The van der Waals surface area contributed by atoms with Gasteiger partial charge in [0.15, 0.2) is 0 Å². The van der Waals surface area contributed by atoms with Crippen LogP contribution in [0.15, 0.2) is 18.2 Å². The van der Waals surface area contributed by atoms with Gasteiger partial charge in [-0.15, -0.1) is 0 Å². The first-order valence-corrected chi connectivity index (χ1v) is 7.63. The summed E-state index contributed by atoms with van der Waals surface area (Å²) in [6.45, 7) is 4.54. The summed E-state index contributed by atoms with van der Waals surface area (Å²) in [6.07, 6.45) is 5.45. The lowest BCUT2D eigenvalue weighted by molar-refractivity contribution is 0.305. The Kier molecular flexibility index (Phi) is 5.65. The Hall–Kier alpha value is -1.29. The lowest BCUT2D eigenvalue weighted by Gasteiger charge is -2.33. The summed E-state index contributed by atoms with van der Waals surface area (Å²) in [6, 6.07) is 4.92. The third kappa shape index (κ3) is 4.10. The van der Waals surface area contributed by atoms with E-state index in [4.69, 9.17) is 10.5 Å². The molecule has 0 saturated carbocycles. The van der Waals surface area contributed by atoms with Crippen molar-refractivity contribution in [2.45, 2.75) is 45.1 Å². The number of piperidine rings is 1. The van der Waals surface area contributed by atoms with Crippen molar-refractivity contribution >= 4 is 5.69 Å². The van der Waals surface area contributed by atoms with Crippen LogP contribution in [-0.2, 0) is 0 Å². The summed E-state index contributed by atoms with van der Waals surface area (Å²) in [5, 5.41) is 0. The normalized spacial score (nSPS) is 19.1. The molecule has 2 N–H and O–H groups in total. The SMILES string of the molecule is CCCCCOc1ccc(F)cc1N1CCCC(N)C1. The van der Waals surface area contributed by atoms with Crippen molar-refractivity contribution in [2.24, 2.45) is 5.73 Å². The van der Waals surface area contributed by atoms with E-state index in [9.17, 15) is 4.39 Å². The highest BCUT2D eigenvalue weighted by Gasteiger charge is 2.20. The van der Waals surface area contributed by atoms with E-state index in [2.05, 4.69) is 11.8 Å². The zero-order valence-corrected chi connectivity index (χ0v) is 12.3. The number of anilines is 1. The number of unbranched alkanes of at least 4 members (excludes halogenated alkanes) is 2. The van der Waals surface area contributed by atoms with Gasteiger partial charge in [-0.25, -0.2) is 4.39 Å². The molecular weight excluding hydrogens is 255 g/mol. The second-order valence-electron chi connectivity index (χ2n) is 5.52. The van der Waals surface area contributed by atoms with Gasteiger partial charge in [0.25, 0.3) is 0 Å². The molecule has 2 rings (SSSR count). The van der Waals surface area contributed by atoms with E-state index in [1.165, 1.54) is 12.5 Å². The van der Waals surface area contributed by atoms with Crippen molar-refractivity contribution in [1.82, 2.24) is 0 Å². The van der Waals surface area contributed by atoms with E-state index in [1.54, 1.807) is 12.1 Å². The van der Waals surface area contributed by atoms with Gasteiger partial charge in [0.05, 0.1) is 12.3 Å². The van der Waals surface area contributed by atoms with Crippen LogP contribution in [0, 0.1) is 5.82 Å². The van der Waals surface area contributed by atoms with Crippen LogP contribution in [0.4, 0.5) is 10.1 Å². The first-order valence-electron chi connectivity index (χ1n) is 7.63. The van der Waals surface area contributed by atoms with Gasteiger partial charge in [0, 0.05) is 25.2 Å². The average molecular weight is 280 g/mol. The molecule has 1 unspecified atom stereocenters. The molecule has 1 aliphatic heterocycles. The lowest BCUT2D eigenvalue weighted by Crippen LogP contribution is -2.43. The molecule has 4 heteroatoms. The quantitative estimate of drug-likeness (QED) is 0.812. The minimum atomic E-state index is -0.222. The summed E-state index contributed by atoms with van der Waals surface area (Å²) in [4.78, 5) is 2.15. The molecule has 20 heavy (non-hydrogen) atoms. The maximum Gasteiger partial charge on any atom is 0.142 e.